The third kappa shape index (κ3) is 0.729. The summed E-state index contributed by atoms with van der Waals surface area (Å²) < 4.78 is 5.62. The topological polar surface area (TPSA) is 9.23 Å². The number of hydrogen-bond donors (Lipinski definition) is 1. The molecule has 0 aromatic rings. The molecule has 4 atom stereocenters. The first-order valence-corrected chi connectivity index (χ1v) is 4.14. The highest BCUT2D eigenvalue weighted by atomic mass is 32.1. The first-order valence-electron chi connectivity index (χ1n) is 3.62. The highest BCUT2D eigenvalue weighted by Crippen LogP contribution is 2.41. The van der Waals surface area contributed by atoms with E-state index in [1.807, 2.05) is 0 Å². The van der Waals surface area contributed by atoms with E-state index in [0.29, 0.717) is 23.4 Å². The normalized spacial score (nSPS) is 56.7. The van der Waals surface area contributed by atoms with Crippen LogP contribution in [0.3, 0.4) is 0 Å². The highest BCUT2D eigenvalue weighted by Gasteiger charge is 2.44. The van der Waals surface area contributed by atoms with Crippen LogP contribution in [0.5, 0.6) is 0 Å². The third-order valence-corrected chi connectivity index (χ3v) is 3.39. The molecule has 0 radical (unpaired) electrons. The lowest BCUT2D eigenvalue weighted by molar-refractivity contribution is 0.0954. The van der Waals surface area contributed by atoms with E-state index in [9.17, 15) is 0 Å². The van der Waals surface area contributed by atoms with Gasteiger partial charge in [0.2, 0.25) is 0 Å². The van der Waals surface area contributed by atoms with Crippen molar-refractivity contribution >= 4 is 12.6 Å². The van der Waals surface area contributed by atoms with Gasteiger partial charge in [-0.25, -0.2) is 0 Å². The van der Waals surface area contributed by atoms with Gasteiger partial charge in [0.15, 0.2) is 0 Å². The molecule has 1 nitrogen and oxygen atoms in total. The van der Waals surface area contributed by atoms with Gasteiger partial charge < -0.3 is 4.74 Å². The van der Waals surface area contributed by atoms with Crippen LogP contribution in [0.1, 0.15) is 19.8 Å². The molecule has 0 aromatic heterocycles. The predicted octanol–water partition coefficient (Wildman–Crippen LogP) is 1.48. The van der Waals surface area contributed by atoms with Gasteiger partial charge in [0.1, 0.15) is 0 Å². The van der Waals surface area contributed by atoms with Gasteiger partial charge in [0.25, 0.3) is 0 Å². The molecule has 2 fully saturated rings. The van der Waals surface area contributed by atoms with E-state index >= 15 is 0 Å². The molecule has 2 heteroatoms. The van der Waals surface area contributed by atoms with Crippen molar-refractivity contribution in [2.45, 2.75) is 37.2 Å². The highest BCUT2D eigenvalue weighted by molar-refractivity contribution is 7.81. The molecule has 9 heavy (non-hydrogen) atoms. The van der Waals surface area contributed by atoms with Gasteiger partial charge in [-0.3, -0.25) is 0 Å². The maximum absolute atomic E-state index is 5.62. The van der Waals surface area contributed by atoms with Gasteiger partial charge in [-0.05, 0) is 18.8 Å². The van der Waals surface area contributed by atoms with E-state index in [2.05, 4.69) is 19.6 Å². The Morgan fingerprint density at radius 3 is 2.33 bits per heavy atom. The zero-order valence-corrected chi connectivity index (χ0v) is 6.47. The summed E-state index contributed by atoms with van der Waals surface area (Å²) in [6, 6.07) is 0. The van der Waals surface area contributed by atoms with Crippen LogP contribution >= 0.6 is 12.6 Å². The van der Waals surface area contributed by atoms with Gasteiger partial charge in [0.05, 0.1) is 12.2 Å². The van der Waals surface area contributed by atoms with Crippen molar-refractivity contribution in [3.63, 3.8) is 0 Å². The van der Waals surface area contributed by atoms with Crippen LogP contribution in [0.25, 0.3) is 0 Å². The predicted molar refractivity (Wildman–Crippen MR) is 39.8 cm³/mol. The van der Waals surface area contributed by atoms with Crippen molar-refractivity contribution in [1.29, 1.82) is 0 Å². The Bertz CT molecular complexity index is 108. The Morgan fingerprint density at radius 1 is 1.33 bits per heavy atom. The van der Waals surface area contributed by atoms with Crippen LogP contribution in [-0.2, 0) is 4.74 Å². The molecule has 52 valence electrons. The van der Waals surface area contributed by atoms with Crippen molar-refractivity contribution < 1.29 is 4.74 Å². The number of fused-ring (bicyclic) bond motifs is 2. The van der Waals surface area contributed by atoms with Crippen molar-refractivity contribution in [2.75, 3.05) is 0 Å². The molecular formula is C7H12OS. The third-order valence-electron chi connectivity index (χ3n) is 2.59. The second kappa shape index (κ2) is 1.89. The fourth-order valence-electron chi connectivity index (χ4n) is 1.89. The molecule has 2 rings (SSSR count). The molecule has 2 bridgehead atoms. The number of ether oxygens (including phenoxy) is 1. The van der Waals surface area contributed by atoms with E-state index in [1.165, 1.54) is 12.8 Å². The van der Waals surface area contributed by atoms with Crippen LogP contribution in [0.4, 0.5) is 0 Å². The summed E-state index contributed by atoms with van der Waals surface area (Å²) in [5.41, 5.74) is 0. The molecule has 2 saturated heterocycles. The average Bonchev–Trinajstić information content (AvgIpc) is 2.37. The molecule has 2 heterocycles. The minimum absolute atomic E-state index is 0.480. The van der Waals surface area contributed by atoms with E-state index in [1.54, 1.807) is 0 Å². The standard InChI is InChI=1S/C7H12OS/c1-4-5-2-3-6(8-5)7(4)9/h4-7,9H,2-3H2,1H3. The molecule has 0 amide bonds. The van der Waals surface area contributed by atoms with Gasteiger partial charge in [-0.1, -0.05) is 6.92 Å². The van der Waals surface area contributed by atoms with E-state index < -0.39 is 0 Å². The van der Waals surface area contributed by atoms with Crippen molar-refractivity contribution in [1.82, 2.24) is 0 Å². The molecule has 0 aromatic carbocycles. The summed E-state index contributed by atoms with van der Waals surface area (Å²) in [6.45, 7) is 2.24. The Balaban J connectivity index is 2.15. The first-order chi connectivity index (χ1) is 4.29. The summed E-state index contributed by atoms with van der Waals surface area (Å²) in [5.74, 6) is 0.687. The summed E-state index contributed by atoms with van der Waals surface area (Å²) in [5, 5.41) is 0.517. The van der Waals surface area contributed by atoms with E-state index in [4.69, 9.17) is 4.74 Å². The summed E-state index contributed by atoms with van der Waals surface area (Å²) in [7, 11) is 0. The Hall–Kier alpha value is 0.310. The van der Waals surface area contributed by atoms with Gasteiger partial charge in [-0.2, -0.15) is 12.6 Å². The van der Waals surface area contributed by atoms with Crippen molar-refractivity contribution in [2.24, 2.45) is 5.92 Å². The number of rotatable bonds is 0. The Labute approximate surface area is 61.2 Å². The Kier molecular flexibility index (Phi) is 1.27. The SMILES string of the molecule is CC1C2CCC(O2)C1S. The second-order valence-corrected chi connectivity index (χ2v) is 3.74. The van der Waals surface area contributed by atoms with Crippen LogP contribution in [-0.4, -0.2) is 17.5 Å². The van der Waals surface area contributed by atoms with Gasteiger partial charge in [0, 0.05) is 5.25 Å². The molecule has 0 N–H and O–H groups in total. The molecule has 0 saturated carbocycles. The molecule has 0 spiro atoms. The maximum atomic E-state index is 5.62. The second-order valence-electron chi connectivity index (χ2n) is 3.14. The van der Waals surface area contributed by atoms with Crippen LogP contribution in [0.15, 0.2) is 0 Å². The van der Waals surface area contributed by atoms with Crippen molar-refractivity contribution in [3.05, 3.63) is 0 Å². The van der Waals surface area contributed by atoms with Crippen molar-refractivity contribution in [3.8, 4) is 0 Å². The molecule has 4 unspecified atom stereocenters. The molecule has 2 aliphatic heterocycles. The molecule has 0 aliphatic carbocycles. The van der Waals surface area contributed by atoms with Crippen LogP contribution in [0, 0.1) is 5.92 Å². The van der Waals surface area contributed by atoms with E-state index in [-0.39, 0.29) is 0 Å². The monoisotopic (exact) mass is 144 g/mol. The van der Waals surface area contributed by atoms with Gasteiger partial charge in [-0.15, -0.1) is 0 Å². The maximum Gasteiger partial charge on any atom is 0.0699 e. The first kappa shape index (κ1) is 6.05. The smallest absolute Gasteiger partial charge is 0.0699 e. The average molecular weight is 144 g/mol. The summed E-state index contributed by atoms with van der Waals surface area (Å²) in [6.07, 6.45) is 3.53. The van der Waals surface area contributed by atoms with Crippen LogP contribution < -0.4 is 0 Å². The van der Waals surface area contributed by atoms with Gasteiger partial charge >= 0.3 is 0 Å². The largest absolute Gasteiger partial charge is 0.374 e. The quantitative estimate of drug-likeness (QED) is 0.507. The molecule has 2 aliphatic rings. The van der Waals surface area contributed by atoms with Crippen LogP contribution in [0.2, 0.25) is 0 Å². The minimum atomic E-state index is 0.480. The fraction of sp³-hybridized carbons (Fsp3) is 1.00. The number of hydrogen-bond acceptors (Lipinski definition) is 2. The molecular weight excluding hydrogens is 132 g/mol. The zero-order valence-electron chi connectivity index (χ0n) is 5.58. The summed E-state index contributed by atoms with van der Waals surface area (Å²) >= 11 is 4.47. The lowest BCUT2D eigenvalue weighted by Crippen LogP contribution is -2.24. The fourth-order valence-corrected chi connectivity index (χ4v) is 2.30. The zero-order chi connectivity index (χ0) is 6.43. The lowest BCUT2D eigenvalue weighted by atomic mass is 9.90. The summed E-state index contributed by atoms with van der Waals surface area (Å²) in [4.78, 5) is 0. The number of thiol groups is 1. The Morgan fingerprint density at radius 2 is 2.00 bits per heavy atom. The minimum Gasteiger partial charge on any atom is -0.374 e. The lowest BCUT2D eigenvalue weighted by Gasteiger charge is -2.19. The van der Waals surface area contributed by atoms with E-state index in [0.717, 1.165) is 0 Å².